The van der Waals surface area contributed by atoms with E-state index < -0.39 is 129 Å². The van der Waals surface area contributed by atoms with Crippen molar-refractivity contribution < 1.29 is 89.0 Å². The lowest BCUT2D eigenvalue weighted by molar-refractivity contribution is -0.343. The zero-order valence-electron chi connectivity index (χ0n) is 36.3. The first kappa shape index (κ1) is 46.1. The maximum atomic E-state index is 11.4. The lowest BCUT2D eigenvalue weighted by atomic mass is 9.46. The minimum absolute atomic E-state index is 0.00143. The molecule has 9 rings (SSSR count). The van der Waals surface area contributed by atoms with Crippen LogP contribution in [0.3, 0.4) is 0 Å². The third-order valence-electron chi connectivity index (χ3n) is 17.7. The van der Waals surface area contributed by atoms with E-state index in [1.807, 2.05) is 6.92 Å². The number of hydrogen-bond acceptors (Lipinski definition) is 18. The summed E-state index contributed by atoms with van der Waals surface area (Å²) in [5.41, 5.74) is -1.56. The molecule has 4 aliphatic carbocycles. The van der Waals surface area contributed by atoms with Gasteiger partial charge in [-0.2, -0.15) is 0 Å². The zero-order chi connectivity index (χ0) is 44.4. The molecule has 1 spiro atoms. The molecule has 5 aliphatic heterocycles. The molecule has 10 N–H and O–H groups in total. The van der Waals surface area contributed by atoms with Crippen molar-refractivity contribution in [3.05, 3.63) is 11.6 Å². The Labute approximate surface area is 362 Å². The Morgan fingerprint density at radius 3 is 2.24 bits per heavy atom. The fourth-order valence-corrected chi connectivity index (χ4v) is 13.8. The van der Waals surface area contributed by atoms with Crippen LogP contribution < -0.4 is 0 Å². The van der Waals surface area contributed by atoms with Gasteiger partial charge in [0.05, 0.1) is 56.9 Å². The van der Waals surface area contributed by atoms with Crippen LogP contribution in [0.15, 0.2) is 11.6 Å². The minimum Gasteiger partial charge on any atom is -0.394 e. The number of aliphatic hydroxyl groups is 10. The van der Waals surface area contributed by atoms with Gasteiger partial charge in [-0.3, -0.25) is 0 Å². The maximum absolute atomic E-state index is 11.4. The summed E-state index contributed by atoms with van der Waals surface area (Å²) in [4.78, 5) is 0. The average Bonchev–Trinajstić information content (AvgIpc) is 3.81. The highest BCUT2D eigenvalue weighted by Gasteiger charge is 2.70. The number of allylic oxidation sites excluding steroid dienone is 1. The molecule has 5 saturated heterocycles. The van der Waals surface area contributed by atoms with Crippen LogP contribution in [-0.2, 0) is 37.9 Å². The van der Waals surface area contributed by atoms with E-state index in [-0.39, 0.29) is 47.5 Å². The molecule has 5 heterocycles. The van der Waals surface area contributed by atoms with Gasteiger partial charge in [0, 0.05) is 30.1 Å². The summed E-state index contributed by atoms with van der Waals surface area (Å²) < 4.78 is 49.8. The van der Waals surface area contributed by atoms with Gasteiger partial charge in [0.2, 0.25) is 0 Å². The molecule has 3 unspecified atom stereocenters. The van der Waals surface area contributed by atoms with E-state index in [9.17, 15) is 51.1 Å². The third kappa shape index (κ3) is 7.12. The van der Waals surface area contributed by atoms with Crippen LogP contribution in [0, 0.1) is 46.3 Å². The van der Waals surface area contributed by atoms with Crippen molar-refractivity contribution in [2.24, 2.45) is 46.3 Å². The van der Waals surface area contributed by atoms with Gasteiger partial charge in [0.25, 0.3) is 0 Å². The van der Waals surface area contributed by atoms with Crippen LogP contribution in [0.4, 0.5) is 0 Å². The zero-order valence-corrected chi connectivity index (χ0v) is 36.3. The second-order valence-corrected chi connectivity index (χ2v) is 20.9. The van der Waals surface area contributed by atoms with Crippen LogP contribution in [-0.4, -0.2) is 187 Å². The molecule has 62 heavy (non-hydrogen) atoms. The Morgan fingerprint density at radius 1 is 0.823 bits per heavy atom. The van der Waals surface area contributed by atoms with Gasteiger partial charge in [0.15, 0.2) is 24.7 Å². The minimum atomic E-state index is -2.00. The second kappa shape index (κ2) is 16.7. The lowest BCUT2D eigenvalue weighted by Gasteiger charge is -2.61. The number of hydrogen-bond donors (Lipinski definition) is 10. The topological polar surface area (TPSA) is 276 Å². The van der Waals surface area contributed by atoms with Crippen molar-refractivity contribution in [2.45, 2.75) is 189 Å². The van der Waals surface area contributed by atoms with E-state index >= 15 is 0 Å². The van der Waals surface area contributed by atoms with Crippen molar-refractivity contribution in [1.29, 1.82) is 0 Å². The van der Waals surface area contributed by atoms with E-state index in [4.69, 9.17) is 37.9 Å². The maximum Gasteiger partial charge on any atom is 0.187 e. The number of rotatable bonds is 8. The molecule has 354 valence electrons. The predicted molar refractivity (Wildman–Crippen MR) is 211 cm³/mol. The molecular weight excluding hydrogens is 816 g/mol. The highest BCUT2D eigenvalue weighted by molar-refractivity contribution is 5.29. The molecule has 3 saturated carbocycles. The highest BCUT2D eigenvalue weighted by atomic mass is 16.7. The van der Waals surface area contributed by atoms with Gasteiger partial charge < -0.3 is 89.0 Å². The SMILES string of the molecule is CC1C2C(C[C@H]3[C@@H]4CC=C5C[C@@H](O[C@@H]6O[C@H](CO)[C@@H](O[C@@H]7OC[C@](O)(CO)[C@H]7O)[C@H](O)[C@H]6O)C[C@@H](O[C@@H]6O[C@H](C)[C@H](O)[C@H](O)[C@H]6O)[C@]5(C)[C@H]4CC[C@]23C)O[C@]12C[C@H](O)[C@H](C)CO2. The monoisotopic (exact) mass is 886 g/mol. The summed E-state index contributed by atoms with van der Waals surface area (Å²) in [7, 11) is 0. The van der Waals surface area contributed by atoms with Gasteiger partial charge in [-0.15, -0.1) is 0 Å². The highest BCUT2D eigenvalue weighted by Crippen LogP contribution is 2.71. The molecule has 0 radical (unpaired) electrons. The Hall–Kier alpha value is -0.980. The Balaban J connectivity index is 0.959. The van der Waals surface area contributed by atoms with Crippen LogP contribution in [0.25, 0.3) is 0 Å². The Morgan fingerprint density at radius 2 is 1.55 bits per heavy atom. The number of ether oxygens (including phenoxy) is 8. The normalized spacial score (nSPS) is 58.7. The van der Waals surface area contributed by atoms with E-state index in [0.717, 1.165) is 31.3 Å². The smallest absolute Gasteiger partial charge is 0.187 e. The molecular formula is C44H70O18. The van der Waals surface area contributed by atoms with Crippen molar-refractivity contribution in [2.75, 3.05) is 26.4 Å². The molecule has 0 aromatic rings. The van der Waals surface area contributed by atoms with Gasteiger partial charge in [-0.05, 0) is 68.1 Å². The van der Waals surface area contributed by atoms with Gasteiger partial charge >= 0.3 is 0 Å². The molecule has 0 aromatic heterocycles. The third-order valence-corrected chi connectivity index (χ3v) is 17.7. The first-order valence-electron chi connectivity index (χ1n) is 22.9. The van der Waals surface area contributed by atoms with E-state index in [1.165, 1.54) is 0 Å². The first-order chi connectivity index (χ1) is 29.3. The van der Waals surface area contributed by atoms with Gasteiger partial charge in [-0.25, -0.2) is 0 Å². The Kier molecular flexibility index (Phi) is 12.4. The summed E-state index contributed by atoms with van der Waals surface area (Å²) in [6.45, 7) is 8.98. The van der Waals surface area contributed by atoms with Crippen LogP contribution in [0.2, 0.25) is 0 Å². The van der Waals surface area contributed by atoms with E-state index in [2.05, 4.69) is 26.8 Å². The standard InChI is InChI=1S/C44H70O18/c1-18-15-56-44(13-26(18)47)19(2)30-27(62-44)12-25-23-7-6-21-10-22(58-39-35(52)33(50)36(28(14-45)59-39)61-40-37(53)43(54,16-46)17-55-40)11-29(42(21,5)24(23)8-9-41(25,30)4)60-38-34(51)32(49)31(48)20(3)57-38/h6,18-20,22-40,45-54H,7-17H2,1-5H3/t18-,19?,20-,22-,23-,24+,25+,26+,27?,28-,29-,30?,31+,32+,33-,34-,35-,36-,37+,38+,39-,40+,41+,42+,43-,44-/m1/s1. The molecule has 8 fully saturated rings. The number of fused-ring (bicyclic) bond motifs is 7. The predicted octanol–water partition coefficient (Wildman–Crippen LogP) is -1.20. The van der Waals surface area contributed by atoms with Crippen molar-refractivity contribution in [3.8, 4) is 0 Å². The average molecular weight is 887 g/mol. The molecule has 0 aromatic carbocycles. The lowest BCUT2D eigenvalue weighted by Crippen LogP contribution is -2.63. The van der Waals surface area contributed by atoms with Crippen LogP contribution in [0.1, 0.15) is 79.6 Å². The first-order valence-corrected chi connectivity index (χ1v) is 22.9. The van der Waals surface area contributed by atoms with Crippen molar-refractivity contribution in [3.63, 3.8) is 0 Å². The quantitative estimate of drug-likeness (QED) is 0.128. The number of aliphatic hydroxyl groups excluding tert-OH is 9. The van der Waals surface area contributed by atoms with Crippen LogP contribution in [0.5, 0.6) is 0 Å². The second-order valence-electron chi connectivity index (χ2n) is 20.9. The van der Waals surface area contributed by atoms with Crippen LogP contribution >= 0.6 is 0 Å². The largest absolute Gasteiger partial charge is 0.394 e. The Bertz CT molecular complexity index is 1650. The molecule has 9 aliphatic rings. The van der Waals surface area contributed by atoms with E-state index in [0.29, 0.717) is 25.4 Å². The summed E-state index contributed by atoms with van der Waals surface area (Å²) >= 11 is 0. The summed E-state index contributed by atoms with van der Waals surface area (Å²) in [6.07, 6.45) is -12.1. The summed E-state index contributed by atoms with van der Waals surface area (Å²) in [6, 6.07) is 0. The summed E-state index contributed by atoms with van der Waals surface area (Å²) in [5, 5.41) is 107. The molecule has 18 nitrogen and oxygen atoms in total. The molecule has 26 atom stereocenters. The molecule has 0 bridgehead atoms. The van der Waals surface area contributed by atoms with E-state index in [1.54, 1.807) is 6.92 Å². The summed E-state index contributed by atoms with van der Waals surface area (Å²) in [5.74, 6) is 0.350. The fourth-order valence-electron chi connectivity index (χ4n) is 13.8. The fraction of sp³-hybridized carbons (Fsp3) is 0.955. The van der Waals surface area contributed by atoms with Gasteiger partial charge in [0.1, 0.15) is 54.4 Å². The van der Waals surface area contributed by atoms with Gasteiger partial charge in [-0.1, -0.05) is 39.3 Å². The van der Waals surface area contributed by atoms with Crippen molar-refractivity contribution in [1.82, 2.24) is 0 Å². The molecule has 0 amide bonds. The molecule has 18 heteroatoms. The van der Waals surface area contributed by atoms with Crippen molar-refractivity contribution >= 4 is 0 Å².